The molecule has 144 valence electrons. The summed E-state index contributed by atoms with van der Waals surface area (Å²) in [4.78, 5) is 12.4. The van der Waals surface area contributed by atoms with Gasteiger partial charge in [0.1, 0.15) is 5.82 Å². The number of rotatable bonds is 6. The number of nitrogens with zero attached hydrogens (tertiary/aromatic N) is 3. The molecule has 9 heteroatoms. The third kappa shape index (κ3) is 4.12. The highest BCUT2D eigenvalue weighted by Gasteiger charge is 2.37. The van der Waals surface area contributed by atoms with Crippen molar-refractivity contribution in [1.29, 1.82) is 0 Å². The largest absolute Gasteiger partial charge is 0.416 e. The van der Waals surface area contributed by atoms with E-state index >= 15 is 0 Å². The van der Waals surface area contributed by atoms with Gasteiger partial charge in [-0.3, -0.25) is 4.79 Å². The van der Waals surface area contributed by atoms with Gasteiger partial charge in [-0.05, 0) is 56.9 Å². The molecule has 1 atom stereocenters. The number of hydrogen-bond acceptors (Lipinski definition) is 4. The van der Waals surface area contributed by atoms with E-state index in [9.17, 15) is 18.0 Å². The van der Waals surface area contributed by atoms with E-state index in [-0.39, 0.29) is 5.91 Å². The maximum absolute atomic E-state index is 12.6. The number of aromatic nitrogens is 3. The van der Waals surface area contributed by atoms with Gasteiger partial charge in [0, 0.05) is 17.6 Å². The van der Waals surface area contributed by atoms with Crippen molar-refractivity contribution in [3.8, 4) is 0 Å². The Hall–Kier alpha value is -2.03. The predicted octanol–water partition coefficient (Wildman–Crippen LogP) is 4.63. The number of thioether (sulfide) groups is 1. The first-order chi connectivity index (χ1) is 12.8. The van der Waals surface area contributed by atoms with Crippen LogP contribution in [0.15, 0.2) is 29.4 Å². The van der Waals surface area contributed by atoms with Gasteiger partial charge >= 0.3 is 6.18 Å². The van der Waals surface area contributed by atoms with Crippen LogP contribution in [0.1, 0.15) is 56.0 Å². The molecule has 27 heavy (non-hydrogen) atoms. The molecule has 0 aliphatic heterocycles. The Kier molecular flexibility index (Phi) is 4.65. The molecule has 1 amide bonds. The van der Waals surface area contributed by atoms with Crippen molar-refractivity contribution in [3.05, 3.63) is 35.7 Å². The van der Waals surface area contributed by atoms with Gasteiger partial charge in [-0.2, -0.15) is 13.2 Å². The SMILES string of the molecule is C[C@@H](Sc1nnc(C2CC2)n1C1CC1)C(=O)Nc1ccc(C(F)(F)F)cc1. The van der Waals surface area contributed by atoms with Crippen molar-refractivity contribution in [1.82, 2.24) is 14.8 Å². The number of anilines is 1. The van der Waals surface area contributed by atoms with Gasteiger partial charge in [0.2, 0.25) is 5.91 Å². The average molecular weight is 396 g/mol. The molecule has 0 bridgehead atoms. The fourth-order valence-electron chi connectivity index (χ4n) is 2.86. The zero-order valence-electron chi connectivity index (χ0n) is 14.7. The molecule has 2 saturated carbocycles. The summed E-state index contributed by atoms with van der Waals surface area (Å²) in [5.74, 6) is 1.23. The summed E-state index contributed by atoms with van der Waals surface area (Å²) in [5.41, 5.74) is -0.407. The van der Waals surface area contributed by atoms with Crippen LogP contribution in [-0.4, -0.2) is 25.9 Å². The molecule has 4 rings (SSSR count). The minimum atomic E-state index is -4.39. The van der Waals surface area contributed by atoms with Gasteiger partial charge in [-0.25, -0.2) is 0 Å². The zero-order valence-corrected chi connectivity index (χ0v) is 15.5. The lowest BCUT2D eigenvalue weighted by Crippen LogP contribution is -2.23. The van der Waals surface area contributed by atoms with E-state index in [4.69, 9.17) is 0 Å². The normalized spacial score (nSPS) is 18.4. The summed E-state index contributed by atoms with van der Waals surface area (Å²) in [6.07, 6.45) is 0.103. The van der Waals surface area contributed by atoms with E-state index < -0.39 is 17.0 Å². The highest BCUT2D eigenvalue weighted by Crippen LogP contribution is 2.46. The van der Waals surface area contributed by atoms with Gasteiger partial charge in [0.05, 0.1) is 10.8 Å². The molecule has 2 aliphatic carbocycles. The number of carbonyl (C=O) groups is 1. The van der Waals surface area contributed by atoms with Crippen LogP contribution >= 0.6 is 11.8 Å². The number of hydrogen-bond donors (Lipinski definition) is 1. The molecule has 2 fully saturated rings. The molecule has 0 saturated heterocycles. The summed E-state index contributed by atoms with van der Waals surface area (Å²) in [6.45, 7) is 1.76. The van der Waals surface area contributed by atoms with Crippen LogP contribution in [0.2, 0.25) is 0 Å². The number of benzene rings is 1. The quantitative estimate of drug-likeness (QED) is 0.724. The Morgan fingerprint density at radius 3 is 2.41 bits per heavy atom. The topological polar surface area (TPSA) is 59.8 Å². The van der Waals surface area contributed by atoms with E-state index in [1.807, 2.05) is 0 Å². The summed E-state index contributed by atoms with van der Waals surface area (Å²) in [6, 6.07) is 4.87. The van der Waals surface area contributed by atoms with Gasteiger partial charge in [0.25, 0.3) is 0 Å². The number of amides is 1. The maximum Gasteiger partial charge on any atom is 0.416 e. The van der Waals surface area contributed by atoms with Gasteiger partial charge in [-0.15, -0.1) is 10.2 Å². The van der Waals surface area contributed by atoms with Crippen molar-refractivity contribution in [3.63, 3.8) is 0 Å². The van der Waals surface area contributed by atoms with Crippen molar-refractivity contribution in [2.45, 2.75) is 61.1 Å². The van der Waals surface area contributed by atoms with Gasteiger partial charge in [-0.1, -0.05) is 11.8 Å². The lowest BCUT2D eigenvalue weighted by atomic mass is 10.2. The Labute approximate surface area is 158 Å². The Morgan fingerprint density at radius 2 is 1.85 bits per heavy atom. The van der Waals surface area contributed by atoms with Crippen LogP contribution in [-0.2, 0) is 11.0 Å². The first-order valence-corrected chi connectivity index (χ1v) is 9.80. The Balaban J connectivity index is 1.41. The second-order valence-corrected chi connectivity index (χ2v) is 8.35. The maximum atomic E-state index is 12.6. The Morgan fingerprint density at radius 1 is 1.19 bits per heavy atom. The molecular formula is C18H19F3N4OS. The van der Waals surface area contributed by atoms with E-state index in [1.165, 1.54) is 23.9 Å². The molecule has 2 aromatic rings. The second kappa shape index (κ2) is 6.85. The third-order valence-electron chi connectivity index (χ3n) is 4.68. The van der Waals surface area contributed by atoms with E-state index in [2.05, 4.69) is 20.1 Å². The molecule has 0 radical (unpaired) electrons. The average Bonchev–Trinajstić information content (AvgIpc) is 3.53. The van der Waals surface area contributed by atoms with Gasteiger partial charge in [0.15, 0.2) is 5.16 Å². The van der Waals surface area contributed by atoms with Crippen molar-refractivity contribution in [2.24, 2.45) is 0 Å². The summed E-state index contributed by atoms with van der Waals surface area (Å²) in [7, 11) is 0. The third-order valence-corrected chi connectivity index (χ3v) is 5.73. The monoisotopic (exact) mass is 396 g/mol. The molecule has 1 aromatic carbocycles. The zero-order chi connectivity index (χ0) is 19.2. The lowest BCUT2D eigenvalue weighted by Gasteiger charge is -2.14. The number of alkyl halides is 3. The number of nitrogens with one attached hydrogen (secondary N) is 1. The molecule has 0 unspecified atom stereocenters. The van der Waals surface area contributed by atoms with Crippen LogP contribution in [0, 0.1) is 0 Å². The first-order valence-electron chi connectivity index (χ1n) is 8.92. The minimum Gasteiger partial charge on any atom is -0.325 e. The van der Waals surface area contributed by atoms with Crippen LogP contribution in [0.3, 0.4) is 0 Å². The fourth-order valence-corrected chi connectivity index (χ4v) is 3.79. The molecule has 0 spiro atoms. The van der Waals surface area contributed by atoms with Crippen LogP contribution in [0.4, 0.5) is 18.9 Å². The summed E-state index contributed by atoms with van der Waals surface area (Å²) >= 11 is 1.34. The standard InChI is InChI=1S/C18H19F3N4OS/c1-10(16(26)22-13-6-4-12(5-7-13)18(19,20)21)27-17-24-23-15(11-2-3-11)25(17)14-8-9-14/h4-7,10-11,14H,2-3,8-9H2,1H3,(H,22,26)/t10-/m1/s1. The lowest BCUT2D eigenvalue weighted by molar-refractivity contribution is -0.137. The smallest absolute Gasteiger partial charge is 0.325 e. The number of carbonyl (C=O) groups excluding carboxylic acids is 1. The highest BCUT2D eigenvalue weighted by molar-refractivity contribution is 8.00. The highest BCUT2D eigenvalue weighted by atomic mass is 32.2. The molecule has 1 N–H and O–H groups in total. The van der Waals surface area contributed by atoms with Crippen LogP contribution in [0.5, 0.6) is 0 Å². The predicted molar refractivity (Wildman–Crippen MR) is 95.7 cm³/mol. The fraction of sp³-hybridized carbons (Fsp3) is 0.500. The van der Waals surface area contributed by atoms with Crippen molar-refractivity contribution >= 4 is 23.4 Å². The first kappa shape index (κ1) is 18.3. The molecule has 5 nitrogen and oxygen atoms in total. The molecule has 2 aliphatic rings. The van der Waals surface area contributed by atoms with Crippen molar-refractivity contribution < 1.29 is 18.0 Å². The molecule has 1 heterocycles. The van der Waals surface area contributed by atoms with Crippen LogP contribution < -0.4 is 5.32 Å². The number of halogens is 3. The summed E-state index contributed by atoms with van der Waals surface area (Å²) < 4.78 is 40.0. The summed E-state index contributed by atoms with van der Waals surface area (Å²) in [5, 5.41) is 11.6. The second-order valence-electron chi connectivity index (χ2n) is 7.04. The van der Waals surface area contributed by atoms with Crippen molar-refractivity contribution in [2.75, 3.05) is 5.32 Å². The minimum absolute atomic E-state index is 0.280. The van der Waals surface area contributed by atoms with E-state index in [1.54, 1.807) is 6.92 Å². The Bertz CT molecular complexity index is 841. The van der Waals surface area contributed by atoms with Crippen LogP contribution in [0.25, 0.3) is 0 Å². The molecule has 1 aromatic heterocycles. The molecular weight excluding hydrogens is 377 g/mol. The van der Waals surface area contributed by atoms with Gasteiger partial charge < -0.3 is 9.88 Å². The van der Waals surface area contributed by atoms with E-state index in [0.29, 0.717) is 17.6 Å². The van der Waals surface area contributed by atoms with E-state index in [0.717, 1.165) is 48.8 Å².